The van der Waals surface area contributed by atoms with E-state index in [4.69, 9.17) is 0 Å². The predicted octanol–water partition coefficient (Wildman–Crippen LogP) is 2.28. The molecule has 3 aliphatic rings. The molecule has 0 atom stereocenters. The molecule has 0 amide bonds. The first-order valence-electron chi connectivity index (χ1n) is 8.86. The molecule has 3 heteroatoms. The SMILES string of the molecule is CCN1CCC(N2CCC3(CCN(C)CC3)CC2)CC1. The van der Waals surface area contributed by atoms with Crippen molar-refractivity contribution in [2.24, 2.45) is 5.41 Å². The van der Waals surface area contributed by atoms with E-state index in [1.165, 1.54) is 84.3 Å². The van der Waals surface area contributed by atoms with Crippen molar-refractivity contribution >= 4 is 0 Å². The molecular formula is C17H33N3. The fourth-order valence-electron chi connectivity index (χ4n) is 4.56. The van der Waals surface area contributed by atoms with Gasteiger partial charge in [-0.2, -0.15) is 0 Å². The van der Waals surface area contributed by atoms with E-state index in [9.17, 15) is 0 Å². The molecule has 0 saturated carbocycles. The molecule has 3 heterocycles. The monoisotopic (exact) mass is 279 g/mol. The van der Waals surface area contributed by atoms with E-state index in [0.29, 0.717) is 5.41 Å². The van der Waals surface area contributed by atoms with Gasteiger partial charge in [-0.3, -0.25) is 0 Å². The third-order valence-corrected chi connectivity index (χ3v) is 6.43. The Labute approximate surface area is 125 Å². The van der Waals surface area contributed by atoms with Crippen molar-refractivity contribution in [1.82, 2.24) is 14.7 Å². The maximum Gasteiger partial charge on any atom is 0.0120 e. The van der Waals surface area contributed by atoms with Crippen LogP contribution < -0.4 is 0 Å². The standard InChI is InChI=1S/C17H33N3/c1-3-19-10-4-16(5-11-19)20-14-8-17(9-15-20)6-12-18(2)13-7-17/h16H,3-15H2,1-2H3. The van der Waals surface area contributed by atoms with E-state index in [2.05, 4.69) is 28.7 Å². The van der Waals surface area contributed by atoms with E-state index in [-0.39, 0.29) is 0 Å². The summed E-state index contributed by atoms with van der Waals surface area (Å²) in [6.07, 6.45) is 8.65. The molecule has 0 aliphatic carbocycles. The first-order chi connectivity index (χ1) is 9.71. The summed E-state index contributed by atoms with van der Waals surface area (Å²) < 4.78 is 0. The summed E-state index contributed by atoms with van der Waals surface area (Å²) in [5.41, 5.74) is 0.715. The largest absolute Gasteiger partial charge is 0.306 e. The third kappa shape index (κ3) is 3.20. The molecule has 0 aromatic heterocycles. The molecule has 0 radical (unpaired) electrons. The summed E-state index contributed by atoms with van der Waals surface area (Å²) in [6.45, 7) is 11.6. The molecule has 3 nitrogen and oxygen atoms in total. The van der Waals surface area contributed by atoms with Crippen LogP contribution in [0.15, 0.2) is 0 Å². The van der Waals surface area contributed by atoms with Crippen LogP contribution in [0.1, 0.15) is 45.4 Å². The van der Waals surface area contributed by atoms with Crippen LogP contribution in [0.4, 0.5) is 0 Å². The van der Waals surface area contributed by atoms with Gasteiger partial charge in [-0.15, -0.1) is 0 Å². The Bertz CT molecular complexity index is 291. The van der Waals surface area contributed by atoms with Crippen molar-refractivity contribution in [2.75, 3.05) is 52.9 Å². The predicted molar refractivity (Wildman–Crippen MR) is 85.1 cm³/mol. The Kier molecular flexibility index (Phi) is 4.68. The van der Waals surface area contributed by atoms with Crippen molar-refractivity contribution in [2.45, 2.75) is 51.5 Å². The Morgan fingerprint density at radius 3 is 1.95 bits per heavy atom. The van der Waals surface area contributed by atoms with E-state index in [0.717, 1.165) is 6.04 Å². The van der Waals surface area contributed by atoms with Gasteiger partial charge in [0.1, 0.15) is 0 Å². The summed E-state index contributed by atoms with van der Waals surface area (Å²) in [5.74, 6) is 0. The van der Waals surface area contributed by atoms with Gasteiger partial charge in [0.05, 0.1) is 0 Å². The van der Waals surface area contributed by atoms with Gasteiger partial charge in [-0.1, -0.05) is 6.92 Å². The van der Waals surface area contributed by atoms with Crippen LogP contribution in [-0.2, 0) is 0 Å². The molecule has 3 aliphatic heterocycles. The second-order valence-corrected chi connectivity index (χ2v) is 7.50. The van der Waals surface area contributed by atoms with Gasteiger partial charge in [0.25, 0.3) is 0 Å². The van der Waals surface area contributed by atoms with Gasteiger partial charge in [0.15, 0.2) is 0 Å². The Morgan fingerprint density at radius 2 is 1.40 bits per heavy atom. The topological polar surface area (TPSA) is 9.72 Å². The smallest absolute Gasteiger partial charge is 0.0120 e. The lowest BCUT2D eigenvalue weighted by atomic mass is 9.71. The average Bonchev–Trinajstić information content (AvgIpc) is 2.52. The van der Waals surface area contributed by atoms with Crippen molar-refractivity contribution in [3.63, 3.8) is 0 Å². The van der Waals surface area contributed by atoms with Gasteiger partial charge < -0.3 is 14.7 Å². The van der Waals surface area contributed by atoms with Crippen LogP contribution in [0, 0.1) is 5.41 Å². The van der Waals surface area contributed by atoms with Gasteiger partial charge in [0, 0.05) is 6.04 Å². The van der Waals surface area contributed by atoms with Crippen molar-refractivity contribution in [1.29, 1.82) is 0 Å². The minimum absolute atomic E-state index is 0.715. The number of piperidine rings is 3. The highest BCUT2D eigenvalue weighted by molar-refractivity contribution is 4.92. The van der Waals surface area contributed by atoms with Crippen LogP contribution in [0.5, 0.6) is 0 Å². The minimum Gasteiger partial charge on any atom is -0.306 e. The van der Waals surface area contributed by atoms with Gasteiger partial charge in [0.2, 0.25) is 0 Å². The Morgan fingerprint density at radius 1 is 0.850 bits per heavy atom. The van der Waals surface area contributed by atoms with Crippen LogP contribution >= 0.6 is 0 Å². The maximum atomic E-state index is 2.83. The average molecular weight is 279 g/mol. The second kappa shape index (κ2) is 6.33. The number of rotatable bonds is 2. The lowest BCUT2D eigenvalue weighted by molar-refractivity contribution is 0.0120. The van der Waals surface area contributed by atoms with E-state index >= 15 is 0 Å². The molecule has 3 rings (SSSR count). The Hall–Kier alpha value is -0.120. The van der Waals surface area contributed by atoms with Crippen LogP contribution in [0.3, 0.4) is 0 Å². The molecule has 0 N–H and O–H groups in total. The highest BCUT2D eigenvalue weighted by Crippen LogP contribution is 2.41. The zero-order chi connectivity index (χ0) is 14.0. The zero-order valence-corrected chi connectivity index (χ0v) is 13.6. The molecule has 3 saturated heterocycles. The van der Waals surface area contributed by atoms with Crippen LogP contribution in [0.25, 0.3) is 0 Å². The van der Waals surface area contributed by atoms with Crippen LogP contribution in [-0.4, -0.2) is 73.6 Å². The van der Waals surface area contributed by atoms with Crippen LogP contribution in [0.2, 0.25) is 0 Å². The van der Waals surface area contributed by atoms with Gasteiger partial charge >= 0.3 is 0 Å². The van der Waals surface area contributed by atoms with E-state index in [1.54, 1.807) is 0 Å². The molecule has 0 unspecified atom stereocenters. The first kappa shape index (κ1) is 14.8. The lowest BCUT2D eigenvalue weighted by Gasteiger charge is -2.49. The third-order valence-electron chi connectivity index (χ3n) is 6.43. The first-order valence-corrected chi connectivity index (χ1v) is 8.86. The van der Waals surface area contributed by atoms with Crippen molar-refractivity contribution in [3.05, 3.63) is 0 Å². The minimum atomic E-state index is 0.715. The normalized spacial score (nSPS) is 30.9. The number of nitrogens with zero attached hydrogens (tertiary/aromatic N) is 3. The highest BCUT2D eigenvalue weighted by Gasteiger charge is 2.38. The summed E-state index contributed by atoms with van der Waals surface area (Å²) in [7, 11) is 2.28. The summed E-state index contributed by atoms with van der Waals surface area (Å²) in [4.78, 5) is 7.95. The molecule has 20 heavy (non-hydrogen) atoms. The molecule has 3 fully saturated rings. The molecule has 116 valence electrons. The molecule has 1 spiro atoms. The molecular weight excluding hydrogens is 246 g/mol. The van der Waals surface area contributed by atoms with E-state index < -0.39 is 0 Å². The zero-order valence-electron chi connectivity index (χ0n) is 13.6. The number of likely N-dealkylation sites (tertiary alicyclic amines) is 3. The van der Waals surface area contributed by atoms with Crippen molar-refractivity contribution in [3.8, 4) is 0 Å². The van der Waals surface area contributed by atoms with E-state index in [1.807, 2.05) is 0 Å². The Balaban J connectivity index is 1.47. The quantitative estimate of drug-likeness (QED) is 0.768. The van der Waals surface area contributed by atoms with Gasteiger partial charge in [-0.25, -0.2) is 0 Å². The fraction of sp³-hybridized carbons (Fsp3) is 1.00. The fourth-order valence-corrected chi connectivity index (χ4v) is 4.56. The highest BCUT2D eigenvalue weighted by atomic mass is 15.2. The number of hydrogen-bond acceptors (Lipinski definition) is 3. The van der Waals surface area contributed by atoms with Gasteiger partial charge in [-0.05, 0) is 96.8 Å². The van der Waals surface area contributed by atoms with Crippen molar-refractivity contribution < 1.29 is 0 Å². The summed E-state index contributed by atoms with van der Waals surface area (Å²) in [5, 5.41) is 0. The summed E-state index contributed by atoms with van der Waals surface area (Å²) in [6, 6.07) is 0.890. The summed E-state index contributed by atoms with van der Waals surface area (Å²) >= 11 is 0. The number of hydrogen-bond donors (Lipinski definition) is 0. The second-order valence-electron chi connectivity index (χ2n) is 7.50. The maximum absolute atomic E-state index is 2.83. The molecule has 0 aromatic rings. The molecule has 0 aromatic carbocycles. The lowest BCUT2D eigenvalue weighted by Crippen LogP contribution is -2.51. The molecule has 0 bridgehead atoms.